The van der Waals surface area contributed by atoms with Crippen LogP contribution in [0.5, 0.6) is 0 Å². The second-order valence-corrected chi connectivity index (χ2v) is 7.95. The summed E-state index contributed by atoms with van der Waals surface area (Å²) < 4.78 is 39.1. The lowest BCUT2D eigenvalue weighted by atomic mass is 10.2. The number of carbonyl (C=O) groups is 1. The van der Waals surface area contributed by atoms with E-state index in [-0.39, 0.29) is 23.4 Å². The fourth-order valence-electron chi connectivity index (χ4n) is 2.46. The summed E-state index contributed by atoms with van der Waals surface area (Å²) in [5.41, 5.74) is 0.704. The lowest BCUT2D eigenvalue weighted by Crippen LogP contribution is -2.44. The molecule has 134 valence electrons. The summed E-state index contributed by atoms with van der Waals surface area (Å²) in [5.74, 6) is -0.859. The monoisotopic (exact) mass is 364 g/mol. The Balaban J connectivity index is 2.21. The summed E-state index contributed by atoms with van der Waals surface area (Å²) in [5, 5.41) is 0. The Labute approximate surface area is 147 Å². The minimum atomic E-state index is -3.87. The van der Waals surface area contributed by atoms with Crippen molar-refractivity contribution in [3.05, 3.63) is 60.4 Å². The molecule has 0 heterocycles. The average Bonchev–Trinajstić information content (AvgIpc) is 2.56. The third-order valence-corrected chi connectivity index (χ3v) is 5.52. The van der Waals surface area contributed by atoms with E-state index in [2.05, 4.69) is 0 Å². The Kier molecular flexibility index (Phi) is 5.92. The van der Waals surface area contributed by atoms with Gasteiger partial charge in [-0.1, -0.05) is 18.2 Å². The van der Waals surface area contributed by atoms with Crippen LogP contribution in [0.4, 0.5) is 10.1 Å². The van der Waals surface area contributed by atoms with Gasteiger partial charge in [-0.25, -0.2) is 12.8 Å². The van der Waals surface area contributed by atoms with E-state index in [1.165, 1.54) is 19.2 Å². The molecule has 0 atom stereocenters. The number of para-hydroxylation sites is 1. The van der Waals surface area contributed by atoms with Crippen molar-refractivity contribution in [3.8, 4) is 0 Å². The summed E-state index contributed by atoms with van der Waals surface area (Å²) in [6.07, 6.45) is 0. The van der Waals surface area contributed by atoms with E-state index < -0.39 is 15.8 Å². The first-order valence-electron chi connectivity index (χ1n) is 7.82. The van der Waals surface area contributed by atoms with E-state index in [1.54, 1.807) is 17.0 Å². The molecule has 2 aromatic carbocycles. The third-order valence-electron chi connectivity index (χ3n) is 3.70. The fourth-order valence-corrected chi connectivity index (χ4v) is 3.58. The van der Waals surface area contributed by atoms with Crippen molar-refractivity contribution in [3.63, 3.8) is 0 Å². The number of sulfonamides is 1. The summed E-state index contributed by atoms with van der Waals surface area (Å²) >= 11 is 0. The van der Waals surface area contributed by atoms with E-state index in [1.807, 2.05) is 32.0 Å². The van der Waals surface area contributed by atoms with Crippen molar-refractivity contribution in [2.24, 2.45) is 0 Å². The van der Waals surface area contributed by atoms with Crippen molar-refractivity contribution in [2.75, 3.05) is 18.5 Å². The summed E-state index contributed by atoms with van der Waals surface area (Å²) in [4.78, 5) is 14.2. The summed E-state index contributed by atoms with van der Waals surface area (Å²) in [6.45, 7) is 3.41. The quantitative estimate of drug-likeness (QED) is 0.792. The maximum atomic E-state index is 13.0. The van der Waals surface area contributed by atoms with Crippen LogP contribution in [0.25, 0.3) is 0 Å². The molecule has 25 heavy (non-hydrogen) atoms. The van der Waals surface area contributed by atoms with Crippen molar-refractivity contribution in [2.45, 2.75) is 24.8 Å². The van der Waals surface area contributed by atoms with Crippen LogP contribution < -0.4 is 4.90 Å². The van der Waals surface area contributed by atoms with Crippen molar-refractivity contribution in [1.82, 2.24) is 4.31 Å². The molecule has 0 unspecified atom stereocenters. The van der Waals surface area contributed by atoms with Crippen LogP contribution in [0.2, 0.25) is 0 Å². The minimum Gasteiger partial charge on any atom is -0.309 e. The van der Waals surface area contributed by atoms with Gasteiger partial charge in [-0.05, 0) is 50.2 Å². The first-order valence-corrected chi connectivity index (χ1v) is 9.26. The third kappa shape index (κ3) is 4.43. The fraction of sp³-hybridized carbons (Fsp3) is 0.278. The second-order valence-electron chi connectivity index (χ2n) is 5.91. The van der Waals surface area contributed by atoms with Gasteiger partial charge in [0, 0.05) is 18.8 Å². The van der Waals surface area contributed by atoms with Gasteiger partial charge in [-0.3, -0.25) is 4.79 Å². The molecule has 0 radical (unpaired) electrons. The van der Waals surface area contributed by atoms with E-state index >= 15 is 0 Å². The predicted molar refractivity (Wildman–Crippen MR) is 95.3 cm³/mol. The van der Waals surface area contributed by atoms with E-state index in [4.69, 9.17) is 0 Å². The Hall–Kier alpha value is -2.25. The highest BCUT2D eigenvalue weighted by Crippen LogP contribution is 2.19. The number of rotatable bonds is 6. The van der Waals surface area contributed by atoms with Gasteiger partial charge in [0.05, 0.1) is 11.4 Å². The van der Waals surface area contributed by atoms with Crippen LogP contribution in [-0.4, -0.2) is 38.3 Å². The highest BCUT2D eigenvalue weighted by Gasteiger charge is 2.27. The first-order chi connectivity index (χ1) is 11.7. The smallest absolute Gasteiger partial charge is 0.243 e. The van der Waals surface area contributed by atoms with Gasteiger partial charge in [0.2, 0.25) is 15.9 Å². The van der Waals surface area contributed by atoms with E-state index in [0.717, 1.165) is 16.4 Å². The number of carbonyl (C=O) groups excluding carboxylic acids is 1. The van der Waals surface area contributed by atoms with Gasteiger partial charge in [-0.15, -0.1) is 0 Å². The summed E-state index contributed by atoms with van der Waals surface area (Å²) in [6, 6.07) is 13.5. The van der Waals surface area contributed by atoms with Crippen molar-refractivity contribution in [1.29, 1.82) is 0 Å². The van der Waals surface area contributed by atoms with Gasteiger partial charge in [0.25, 0.3) is 0 Å². The van der Waals surface area contributed by atoms with Gasteiger partial charge < -0.3 is 4.90 Å². The maximum absolute atomic E-state index is 13.0. The Morgan fingerprint density at radius 2 is 1.60 bits per heavy atom. The minimum absolute atomic E-state index is 0.0555. The maximum Gasteiger partial charge on any atom is 0.243 e. The lowest BCUT2D eigenvalue weighted by Gasteiger charge is -2.28. The molecule has 2 rings (SSSR count). The molecule has 0 fully saturated rings. The molecule has 7 heteroatoms. The highest BCUT2D eigenvalue weighted by atomic mass is 32.2. The zero-order chi connectivity index (χ0) is 18.6. The number of halogens is 1. The SMILES string of the molecule is CC(C)N(C(=O)CN(C)S(=O)(=O)c1ccc(F)cc1)c1ccccc1. The second kappa shape index (κ2) is 7.76. The predicted octanol–water partition coefficient (Wildman–Crippen LogP) is 2.89. The van der Waals surface area contributed by atoms with Crippen LogP contribution in [0.1, 0.15) is 13.8 Å². The van der Waals surface area contributed by atoms with E-state index in [0.29, 0.717) is 5.69 Å². The number of amides is 1. The Morgan fingerprint density at radius 1 is 1.04 bits per heavy atom. The molecule has 2 aromatic rings. The first kappa shape index (κ1) is 19.1. The number of nitrogens with zero attached hydrogens (tertiary/aromatic N) is 2. The number of hydrogen-bond donors (Lipinski definition) is 0. The Bertz CT molecular complexity index is 821. The Morgan fingerprint density at radius 3 is 2.12 bits per heavy atom. The van der Waals surface area contributed by atoms with Gasteiger partial charge in [0.15, 0.2) is 0 Å². The van der Waals surface area contributed by atoms with Crippen LogP contribution >= 0.6 is 0 Å². The van der Waals surface area contributed by atoms with Crippen molar-refractivity contribution >= 4 is 21.6 Å². The zero-order valence-corrected chi connectivity index (χ0v) is 15.2. The van der Waals surface area contributed by atoms with Crippen LogP contribution in [0.3, 0.4) is 0 Å². The van der Waals surface area contributed by atoms with Gasteiger partial charge >= 0.3 is 0 Å². The molecule has 5 nitrogen and oxygen atoms in total. The van der Waals surface area contributed by atoms with Gasteiger partial charge in [0.1, 0.15) is 5.82 Å². The molecule has 0 N–H and O–H groups in total. The molecule has 0 saturated carbocycles. The molecule has 0 bridgehead atoms. The van der Waals surface area contributed by atoms with E-state index in [9.17, 15) is 17.6 Å². The molecule has 0 aromatic heterocycles. The highest BCUT2D eigenvalue weighted by molar-refractivity contribution is 7.89. The van der Waals surface area contributed by atoms with Crippen LogP contribution in [0, 0.1) is 5.82 Å². The molecular weight excluding hydrogens is 343 g/mol. The number of anilines is 1. The molecule has 0 aliphatic carbocycles. The lowest BCUT2D eigenvalue weighted by molar-refractivity contribution is -0.119. The van der Waals surface area contributed by atoms with Crippen molar-refractivity contribution < 1.29 is 17.6 Å². The molecule has 0 saturated heterocycles. The molecule has 0 aliphatic heterocycles. The van der Waals surface area contributed by atoms with Gasteiger partial charge in [-0.2, -0.15) is 4.31 Å². The standard InChI is InChI=1S/C18H21FN2O3S/c1-14(2)21(16-7-5-4-6-8-16)18(22)13-20(3)25(23,24)17-11-9-15(19)10-12-17/h4-12,14H,13H2,1-3H3. The topological polar surface area (TPSA) is 57.7 Å². The molecular formula is C18H21FN2O3S. The number of hydrogen-bond acceptors (Lipinski definition) is 3. The van der Waals surface area contributed by atoms with Crippen LogP contribution in [0.15, 0.2) is 59.5 Å². The molecule has 0 aliphatic rings. The largest absolute Gasteiger partial charge is 0.309 e. The molecule has 1 amide bonds. The number of benzene rings is 2. The molecule has 0 spiro atoms. The summed E-state index contributed by atoms with van der Waals surface area (Å²) in [7, 11) is -2.54. The zero-order valence-electron chi connectivity index (χ0n) is 14.4. The average molecular weight is 364 g/mol. The normalized spacial score (nSPS) is 11.8. The number of likely N-dealkylation sites (N-methyl/N-ethyl adjacent to an activating group) is 1. The van der Waals surface area contributed by atoms with Crippen LogP contribution in [-0.2, 0) is 14.8 Å².